The zero-order valence-corrected chi connectivity index (χ0v) is 40.7. The number of benzene rings is 4. The van der Waals surface area contributed by atoms with Gasteiger partial charge in [0, 0.05) is 59.0 Å². The van der Waals surface area contributed by atoms with Crippen LogP contribution >= 0.6 is 15.9 Å². The van der Waals surface area contributed by atoms with E-state index in [-0.39, 0.29) is 19.0 Å². The first kappa shape index (κ1) is 51.6. The number of anilines is 4. The summed E-state index contributed by atoms with van der Waals surface area (Å²) in [4.78, 5) is 29.6. The van der Waals surface area contributed by atoms with Crippen molar-refractivity contribution in [3.63, 3.8) is 0 Å². The van der Waals surface area contributed by atoms with E-state index in [9.17, 15) is 31.1 Å². The van der Waals surface area contributed by atoms with Crippen LogP contribution in [-0.2, 0) is 31.4 Å². The summed E-state index contributed by atoms with van der Waals surface area (Å²) >= 11 is 3.37. The number of nitrogens with zero attached hydrogens (tertiary/aromatic N) is 8. The molecule has 0 aliphatic carbocycles. The summed E-state index contributed by atoms with van der Waals surface area (Å²) in [6.07, 6.45) is 0.315. The fourth-order valence-electron chi connectivity index (χ4n) is 7.76. The van der Waals surface area contributed by atoms with Crippen molar-refractivity contribution in [2.24, 2.45) is 0 Å². The lowest BCUT2D eigenvalue weighted by atomic mass is 10.0. The first-order valence-electron chi connectivity index (χ1n) is 22.6. The molecule has 0 unspecified atom stereocenters. The van der Waals surface area contributed by atoms with Crippen molar-refractivity contribution in [3.8, 4) is 34.2 Å². The second kappa shape index (κ2) is 22.3. The highest BCUT2D eigenvalue weighted by Crippen LogP contribution is 2.37. The van der Waals surface area contributed by atoms with Crippen molar-refractivity contribution in [2.75, 3.05) is 17.2 Å². The number of hydrogen-bond acceptors (Lipinski definition) is 12. The molecule has 1 aliphatic rings. The first-order valence-corrected chi connectivity index (χ1v) is 23.4. The van der Waals surface area contributed by atoms with Gasteiger partial charge in [-0.15, -0.1) is 0 Å². The number of ether oxygens (including phenoxy) is 3. The van der Waals surface area contributed by atoms with Crippen molar-refractivity contribution >= 4 is 51.2 Å². The number of alkyl halides is 6. The summed E-state index contributed by atoms with van der Waals surface area (Å²) in [6.45, 7) is 5.52. The number of carbonyl (C=O) groups excluding carboxylic acids is 1. The smallest absolute Gasteiger partial charge is 0.416 e. The summed E-state index contributed by atoms with van der Waals surface area (Å²) in [6, 6.07) is 32.1. The molecule has 9 rings (SSSR count). The molecule has 21 heteroatoms. The van der Waals surface area contributed by atoms with Crippen LogP contribution in [0.2, 0.25) is 0 Å². The first-order chi connectivity index (χ1) is 34.9. The number of rotatable bonds is 13. The van der Waals surface area contributed by atoms with Crippen LogP contribution in [0.15, 0.2) is 157 Å². The quantitative estimate of drug-likeness (QED) is 0.0834. The number of nitrogens with one attached hydrogen (secondary N) is 2. The minimum Gasteiger partial charge on any atom is -0.466 e. The number of carbonyl (C=O) groups is 1. The van der Waals surface area contributed by atoms with E-state index in [1.807, 2.05) is 60.7 Å². The Balaban J connectivity index is 0.000000212. The molecule has 376 valence electrons. The summed E-state index contributed by atoms with van der Waals surface area (Å²) in [7, 11) is 0. The van der Waals surface area contributed by atoms with E-state index >= 15 is 0 Å². The predicted molar refractivity (Wildman–Crippen MR) is 265 cm³/mol. The van der Waals surface area contributed by atoms with Gasteiger partial charge < -0.3 is 24.8 Å². The molecule has 5 heterocycles. The second-order valence-electron chi connectivity index (χ2n) is 16.6. The van der Waals surface area contributed by atoms with Gasteiger partial charge in [0.2, 0.25) is 11.9 Å². The highest BCUT2D eigenvalue weighted by atomic mass is 79.9. The Morgan fingerprint density at radius 1 is 0.726 bits per heavy atom. The van der Waals surface area contributed by atoms with Gasteiger partial charge in [-0.05, 0) is 85.2 Å². The zero-order valence-electron chi connectivity index (χ0n) is 39.1. The van der Waals surface area contributed by atoms with E-state index in [0.29, 0.717) is 62.5 Å². The van der Waals surface area contributed by atoms with Crippen LogP contribution in [0, 0.1) is 0 Å². The molecule has 73 heavy (non-hydrogen) atoms. The molecular weight excluding hydrogens is 1020 g/mol. The predicted octanol–water partition coefficient (Wildman–Crippen LogP) is 12.8. The Hall–Kier alpha value is -7.75. The van der Waals surface area contributed by atoms with Crippen molar-refractivity contribution in [3.05, 3.63) is 173 Å². The van der Waals surface area contributed by atoms with Crippen molar-refractivity contribution in [2.45, 2.75) is 64.0 Å². The normalized spacial score (nSPS) is 15.6. The van der Waals surface area contributed by atoms with Crippen LogP contribution in [0.1, 0.15) is 50.3 Å². The van der Waals surface area contributed by atoms with E-state index in [1.54, 1.807) is 75.8 Å². The molecule has 0 radical (unpaired) electrons. The average molecular weight is 1070 g/mol. The fraction of sp³-hybridized carbons (Fsp3) is 0.212. The molecule has 2 N–H and O–H groups in total. The molecule has 14 nitrogen and oxygen atoms in total. The molecule has 4 aromatic heterocycles. The number of halogens is 7. The Morgan fingerprint density at radius 2 is 1.25 bits per heavy atom. The maximum Gasteiger partial charge on any atom is 0.416 e. The van der Waals surface area contributed by atoms with Gasteiger partial charge >= 0.3 is 18.3 Å². The maximum atomic E-state index is 13.7. The summed E-state index contributed by atoms with van der Waals surface area (Å²) < 4.78 is 101. The Labute approximate surface area is 423 Å². The molecule has 0 amide bonds. The zero-order chi connectivity index (χ0) is 51.8. The topological polar surface area (TPSA) is 156 Å². The van der Waals surface area contributed by atoms with Crippen LogP contribution in [0.4, 0.5) is 49.6 Å². The van der Waals surface area contributed by atoms with E-state index in [4.69, 9.17) is 14.2 Å². The molecule has 4 aromatic carbocycles. The third kappa shape index (κ3) is 13.4. The van der Waals surface area contributed by atoms with Gasteiger partial charge in [0.05, 0.1) is 64.6 Å². The van der Waals surface area contributed by atoms with E-state index in [1.165, 1.54) is 27.7 Å². The lowest BCUT2D eigenvalue weighted by Crippen LogP contribution is -2.44. The third-order valence-corrected chi connectivity index (χ3v) is 11.4. The Bertz CT molecular complexity index is 3190. The lowest BCUT2D eigenvalue weighted by molar-refractivity contribution is -0.290. The van der Waals surface area contributed by atoms with Crippen LogP contribution in [0.25, 0.3) is 40.2 Å². The summed E-state index contributed by atoms with van der Waals surface area (Å²) in [5, 5.41) is 15.0. The lowest BCUT2D eigenvalue weighted by Gasteiger charge is -2.39. The standard InChI is InChI=1S/C32H32F3N5O4.C20H13BrF3N5/c1-4-42-28(41)19-26-18-25(43-31(2,3)44-26)14-13-22-20-37-40(29(22)21-9-8-10-23(17-21)32(33,34)35)27-15-16-36-30(39-27)38-24-11-6-5-7-12-24;21-16-12-26-29(18(16)13-5-4-6-14(11-13)20(22,23)24)17-9-10-25-19(28-17)27-15-7-2-1-3-8-15/h5-17,20,25-26H,4,18-19H2,1-3H3,(H,36,38,39);1-12H,(H,25,27,28)/b14-13+;/t25-,26-;/m1./s1. The summed E-state index contributed by atoms with van der Waals surface area (Å²) in [5.74, 6) is 0.0655. The second-order valence-corrected chi connectivity index (χ2v) is 17.5. The van der Waals surface area contributed by atoms with Gasteiger partial charge in [-0.1, -0.05) is 72.8 Å². The molecular formula is C52H45BrF6N10O4. The van der Waals surface area contributed by atoms with Gasteiger partial charge in [0.25, 0.3) is 0 Å². The van der Waals surface area contributed by atoms with Crippen LogP contribution in [-0.4, -0.2) is 70.1 Å². The van der Waals surface area contributed by atoms with Gasteiger partial charge in [0.15, 0.2) is 17.4 Å². The van der Waals surface area contributed by atoms with Crippen molar-refractivity contribution < 1.29 is 45.3 Å². The number of para-hydroxylation sites is 2. The largest absolute Gasteiger partial charge is 0.466 e. The van der Waals surface area contributed by atoms with E-state index in [0.717, 1.165) is 35.6 Å². The van der Waals surface area contributed by atoms with Crippen LogP contribution in [0.3, 0.4) is 0 Å². The molecule has 8 aromatic rings. The Kier molecular flexibility index (Phi) is 15.8. The highest BCUT2D eigenvalue weighted by Gasteiger charge is 2.36. The van der Waals surface area contributed by atoms with Gasteiger partial charge in [-0.2, -0.15) is 46.5 Å². The van der Waals surface area contributed by atoms with Crippen LogP contribution in [0.5, 0.6) is 0 Å². The number of aromatic nitrogens is 8. The minimum absolute atomic E-state index is 0.0749. The molecule has 0 saturated carbocycles. The average Bonchev–Trinajstić information content (AvgIpc) is 3.97. The summed E-state index contributed by atoms with van der Waals surface area (Å²) in [5.41, 5.74) is 2.10. The maximum absolute atomic E-state index is 13.7. The number of hydrogen-bond donors (Lipinski definition) is 2. The molecule has 1 aliphatic heterocycles. The number of esters is 1. The molecule has 1 saturated heterocycles. The molecule has 2 atom stereocenters. The van der Waals surface area contributed by atoms with Gasteiger partial charge in [-0.3, -0.25) is 4.79 Å². The Morgan fingerprint density at radius 3 is 1.78 bits per heavy atom. The van der Waals surface area contributed by atoms with Crippen LogP contribution < -0.4 is 10.6 Å². The highest BCUT2D eigenvalue weighted by molar-refractivity contribution is 9.10. The van der Waals surface area contributed by atoms with E-state index in [2.05, 4.69) is 56.7 Å². The monoisotopic (exact) mass is 1070 g/mol. The third-order valence-electron chi connectivity index (χ3n) is 10.8. The van der Waals surface area contributed by atoms with Crippen molar-refractivity contribution in [1.29, 1.82) is 0 Å². The van der Waals surface area contributed by atoms with Gasteiger partial charge in [-0.25, -0.2) is 19.3 Å². The molecule has 0 spiro atoms. The van der Waals surface area contributed by atoms with Gasteiger partial charge in [0.1, 0.15) is 0 Å². The minimum atomic E-state index is -4.53. The molecule has 0 bridgehead atoms. The molecule has 1 fully saturated rings. The SMILES string of the molecule is CCOC(=O)C[C@H]1C[C@@H](/C=C/c2cnn(-c3ccnc(Nc4ccccc4)n3)c2-c2cccc(C(F)(F)F)c2)OC(C)(C)O1.FC(F)(F)c1cccc(-c2c(Br)cnn2-c2ccnc(Nc3ccccc3)n2)c1. The van der Waals surface area contributed by atoms with E-state index < -0.39 is 41.5 Å². The van der Waals surface area contributed by atoms with Crippen molar-refractivity contribution in [1.82, 2.24) is 39.5 Å². The fourth-order valence-corrected chi connectivity index (χ4v) is 8.25.